The van der Waals surface area contributed by atoms with Crippen molar-refractivity contribution in [3.8, 4) is 0 Å². The number of hydrogen-bond donors (Lipinski definition) is 0. The van der Waals surface area contributed by atoms with Gasteiger partial charge in [-0.25, -0.2) is 0 Å². The molecule has 0 fully saturated rings. The number of benzene rings is 1. The van der Waals surface area contributed by atoms with Crippen LogP contribution in [-0.4, -0.2) is 6.29 Å². The molecule has 1 atom stereocenters. The van der Waals surface area contributed by atoms with E-state index in [1.54, 1.807) is 6.92 Å². The zero-order chi connectivity index (χ0) is 12.3. The summed E-state index contributed by atoms with van der Waals surface area (Å²) < 4.78 is 37.5. The normalized spacial score (nSPS) is 13.6. The number of hydrogen-bond acceptors (Lipinski definition) is 1. The summed E-state index contributed by atoms with van der Waals surface area (Å²) in [6.45, 7) is 1.79. The van der Waals surface area contributed by atoms with Crippen molar-refractivity contribution >= 4 is 22.2 Å². The maximum Gasteiger partial charge on any atom is 0.416 e. The average Bonchev–Trinajstić information content (AvgIpc) is 2.16. The van der Waals surface area contributed by atoms with Crippen LogP contribution in [0.2, 0.25) is 0 Å². The molecule has 1 unspecified atom stereocenters. The Hall–Kier alpha value is -0.840. The van der Waals surface area contributed by atoms with Gasteiger partial charge in [0.1, 0.15) is 6.29 Å². The van der Waals surface area contributed by atoms with Crippen molar-refractivity contribution in [3.05, 3.63) is 33.8 Å². The molecule has 0 amide bonds. The first-order chi connectivity index (χ1) is 7.36. The lowest BCUT2D eigenvalue weighted by Crippen LogP contribution is -2.06. The maximum atomic E-state index is 12.4. The fourth-order valence-electron chi connectivity index (χ4n) is 1.37. The highest BCUT2D eigenvalue weighted by Crippen LogP contribution is 2.34. The van der Waals surface area contributed by atoms with E-state index in [1.807, 2.05) is 0 Å². The lowest BCUT2D eigenvalue weighted by atomic mass is 9.97. The molecule has 88 valence electrons. The molecule has 0 aliphatic carbocycles. The van der Waals surface area contributed by atoms with Gasteiger partial charge in [-0.05, 0) is 23.6 Å². The monoisotopic (exact) mass is 294 g/mol. The van der Waals surface area contributed by atoms with Gasteiger partial charge in [0.05, 0.1) is 5.56 Å². The van der Waals surface area contributed by atoms with Crippen LogP contribution >= 0.6 is 15.9 Å². The summed E-state index contributed by atoms with van der Waals surface area (Å²) in [5.74, 6) is -0.0887. The number of alkyl halides is 3. The minimum Gasteiger partial charge on any atom is -0.303 e. The van der Waals surface area contributed by atoms with E-state index in [4.69, 9.17) is 0 Å². The predicted octanol–water partition coefficient (Wildman–Crippen LogP) is 4.16. The fourth-order valence-corrected chi connectivity index (χ4v) is 2.14. The molecule has 16 heavy (non-hydrogen) atoms. The molecule has 0 heterocycles. The van der Waals surface area contributed by atoms with Crippen LogP contribution in [0.4, 0.5) is 13.2 Å². The highest BCUT2D eigenvalue weighted by Gasteiger charge is 2.31. The fraction of sp³-hybridized carbons (Fsp3) is 0.364. The standard InChI is InChI=1S/C11H10BrF3O/c1-7(4-5-16)9-3-2-8(6-10(9)12)11(13,14)15/h2-3,5-7H,4H2,1H3. The van der Waals surface area contributed by atoms with Crippen LogP contribution in [0, 0.1) is 0 Å². The highest BCUT2D eigenvalue weighted by atomic mass is 79.9. The molecule has 0 saturated heterocycles. The molecule has 0 aromatic heterocycles. The summed E-state index contributed by atoms with van der Waals surface area (Å²) in [6.07, 6.45) is -3.28. The third-order valence-electron chi connectivity index (χ3n) is 2.31. The van der Waals surface area contributed by atoms with Crippen LogP contribution in [0.25, 0.3) is 0 Å². The Morgan fingerprint density at radius 3 is 2.50 bits per heavy atom. The van der Waals surface area contributed by atoms with E-state index in [0.29, 0.717) is 16.5 Å². The summed E-state index contributed by atoms with van der Waals surface area (Å²) in [4.78, 5) is 10.3. The van der Waals surface area contributed by atoms with E-state index in [0.717, 1.165) is 18.4 Å². The first-order valence-corrected chi connectivity index (χ1v) is 5.46. The molecule has 1 aromatic rings. The van der Waals surface area contributed by atoms with Gasteiger partial charge in [-0.15, -0.1) is 0 Å². The number of carbonyl (C=O) groups is 1. The predicted molar refractivity (Wildman–Crippen MR) is 58.2 cm³/mol. The van der Waals surface area contributed by atoms with Crippen LogP contribution in [-0.2, 0) is 11.0 Å². The number of halogens is 4. The molecular weight excluding hydrogens is 285 g/mol. The van der Waals surface area contributed by atoms with Gasteiger partial charge in [0, 0.05) is 10.9 Å². The Labute approximate surface area is 99.8 Å². The Balaban J connectivity index is 3.05. The maximum absolute atomic E-state index is 12.4. The first kappa shape index (κ1) is 13.2. The van der Waals surface area contributed by atoms with Crippen molar-refractivity contribution in [3.63, 3.8) is 0 Å². The smallest absolute Gasteiger partial charge is 0.303 e. The quantitative estimate of drug-likeness (QED) is 0.765. The topological polar surface area (TPSA) is 17.1 Å². The Morgan fingerprint density at radius 2 is 2.06 bits per heavy atom. The number of rotatable bonds is 3. The number of aldehydes is 1. The molecule has 0 N–H and O–H groups in total. The molecule has 1 nitrogen and oxygen atoms in total. The molecule has 0 spiro atoms. The second-order valence-electron chi connectivity index (χ2n) is 3.54. The van der Waals surface area contributed by atoms with Crippen LogP contribution in [0.5, 0.6) is 0 Å². The summed E-state index contributed by atoms with van der Waals surface area (Å²) in [5, 5.41) is 0. The molecule has 1 aromatic carbocycles. The van der Waals surface area contributed by atoms with Crippen molar-refractivity contribution in [1.82, 2.24) is 0 Å². The highest BCUT2D eigenvalue weighted by molar-refractivity contribution is 9.10. The van der Waals surface area contributed by atoms with Gasteiger partial charge in [-0.1, -0.05) is 28.9 Å². The van der Waals surface area contributed by atoms with Crippen molar-refractivity contribution in [2.75, 3.05) is 0 Å². The molecule has 0 radical (unpaired) electrons. The van der Waals surface area contributed by atoms with Crippen LogP contribution in [0.1, 0.15) is 30.4 Å². The van der Waals surface area contributed by atoms with Gasteiger partial charge in [-0.2, -0.15) is 13.2 Å². The summed E-state index contributed by atoms with van der Waals surface area (Å²) in [7, 11) is 0. The summed E-state index contributed by atoms with van der Waals surface area (Å²) >= 11 is 3.09. The Kier molecular flexibility index (Phi) is 4.13. The molecule has 1 rings (SSSR count). The molecular formula is C11H10BrF3O. The first-order valence-electron chi connectivity index (χ1n) is 4.66. The van der Waals surface area contributed by atoms with Crippen molar-refractivity contribution < 1.29 is 18.0 Å². The van der Waals surface area contributed by atoms with Gasteiger partial charge in [0.25, 0.3) is 0 Å². The van der Waals surface area contributed by atoms with E-state index in [2.05, 4.69) is 15.9 Å². The molecule has 0 bridgehead atoms. The largest absolute Gasteiger partial charge is 0.416 e. The number of carbonyl (C=O) groups excluding carboxylic acids is 1. The second kappa shape index (κ2) is 4.99. The molecule has 0 aliphatic heterocycles. The van der Waals surface area contributed by atoms with Gasteiger partial charge < -0.3 is 4.79 Å². The van der Waals surface area contributed by atoms with E-state index < -0.39 is 11.7 Å². The van der Waals surface area contributed by atoms with E-state index in [9.17, 15) is 18.0 Å². The molecule has 0 saturated carbocycles. The van der Waals surface area contributed by atoms with Gasteiger partial charge >= 0.3 is 6.18 Å². The lowest BCUT2D eigenvalue weighted by Gasteiger charge is -2.13. The third kappa shape index (κ3) is 3.07. The third-order valence-corrected chi connectivity index (χ3v) is 3.00. The molecule has 5 heteroatoms. The van der Waals surface area contributed by atoms with Crippen molar-refractivity contribution in [2.45, 2.75) is 25.4 Å². The van der Waals surface area contributed by atoms with Crippen LogP contribution < -0.4 is 0 Å². The van der Waals surface area contributed by atoms with Gasteiger partial charge in [0.2, 0.25) is 0 Å². The molecule has 0 aliphatic rings. The van der Waals surface area contributed by atoms with Crippen LogP contribution in [0.15, 0.2) is 22.7 Å². The van der Waals surface area contributed by atoms with Crippen molar-refractivity contribution in [2.24, 2.45) is 0 Å². The van der Waals surface area contributed by atoms with Crippen molar-refractivity contribution in [1.29, 1.82) is 0 Å². The van der Waals surface area contributed by atoms with Crippen LogP contribution in [0.3, 0.4) is 0 Å². The van der Waals surface area contributed by atoms with E-state index in [1.165, 1.54) is 6.07 Å². The zero-order valence-corrected chi connectivity index (χ0v) is 10.1. The average molecular weight is 295 g/mol. The Morgan fingerprint density at radius 1 is 1.44 bits per heavy atom. The minimum atomic E-state index is -4.34. The second-order valence-corrected chi connectivity index (χ2v) is 4.39. The summed E-state index contributed by atoms with van der Waals surface area (Å²) in [6, 6.07) is 3.47. The van der Waals surface area contributed by atoms with E-state index >= 15 is 0 Å². The zero-order valence-electron chi connectivity index (χ0n) is 8.51. The Bertz CT molecular complexity index is 387. The van der Waals surface area contributed by atoms with E-state index in [-0.39, 0.29) is 5.92 Å². The van der Waals surface area contributed by atoms with Gasteiger partial charge in [0.15, 0.2) is 0 Å². The van der Waals surface area contributed by atoms with Gasteiger partial charge in [-0.3, -0.25) is 0 Å². The lowest BCUT2D eigenvalue weighted by molar-refractivity contribution is -0.137. The minimum absolute atomic E-state index is 0.0887. The SMILES string of the molecule is CC(CC=O)c1ccc(C(F)(F)F)cc1Br. The summed E-state index contributed by atoms with van der Waals surface area (Å²) in [5.41, 5.74) is 0.0153.